The molecule has 0 radical (unpaired) electrons. The van der Waals surface area contributed by atoms with Gasteiger partial charge >= 0.3 is 12.2 Å². The zero-order valence-electron chi connectivity index (χ0n) is 12.0. The van der Waals surface area contributed by atoms with Crippen LogP contribution in [0, 0.1) is 0 Å². The summed E-state index contributed by atoms with van der Waals surface area (Å²) < 4.78 is 9.67. The zero-order valence-corrected chi connectivity index (χ0v) is 13.6. The van der Waals surface area contributed by atoms with E-state index in [2.05, 4.69) is 26.6 Å². The van der Waals surface area contributed by atoms with Gasteiger partial charge in [-0.3, -0.25) is 10.6 Å². The Hall–Kier alpha value is -1.76. The second-order valence-corrected chi connectivity index (χ2v) is 5.01. The molecule has 1 aromatic carbocycles. The van der Waals surface area contributed by atoms with Crippen molar-refractivity contribution in [2.45, 2.75) is 24.8 Å². The van der Waals surface area contributed by atoms with Crippen LogP contribution < -0.4 is 10.6 Å². The number of ether oxygens (including phenoxy) is 2. The predicted octanol–water partition coefficient (Wildman–Crippen LogP) is 2.94. The Morgan fingerprint density at radius 2 is 1.52 bits per heavy atom. The van der Waals surface area contributed by atoms with Gasteiger partial charge in [0.2, 0.25) is 0 Å². The number of rotatable bonds is 6. The minimum absolute atomic E-state index is 0.246. The van der Waals surface area contributed by atoms with Crippen LogP contribution in [0.4, 0.5) is 9.59 Å². The average molecular weight is 359 g/mol. The number of nitrogens with one attached hydrogen (secondary N) is 2. The first-order valence-corrected chi connectivity index (χ1v) is 7.55. The number of benzene rings is 1. The summed E-state index contributed by atoms with van der Waals surface area (Å²) in [5.74, 6) is 0. The maximum absolute atomic E-state index is 11.6. The maximum Gasteiger partial charge on any atom is 0.408 e. The van der Waals surface area contributed by atoms with Crippen molar-refractivity contribution in [1.82, 2.24) is 10.6 Å². The van der Waals surface area contributed by atoms with Crippen LogP contribution in [-0.2, 0) is 9.47 Å². The van der Waals surface area contributed by atoms with Crippen LogP contribution in [-0.4, -0.2) is 31.6 Å². The van der Waals surface area contributed by atoms with E-state index < -0.39 is 18.4 Å². The van der Waals surface area contributed by atoms with Gasteiger partial charge in [-0.1, -0.05) is 46.3 Å². The molecule has 6 nitrogen and oxygen atoms in total. The van der Waals surface area contributed by atoms with Crippen LogP contribution in [0.2, 0.25) is 0 Å². The largest absolute Gasteiger partial charge is 0.450 e. The number of carbonyl (C=O) groups excluding carboxylic acids is 2. The zero-order chi connectivity index (χ0) is 15.7. The lowest BCUT2D eigenvalue weighted by Gasteiger charge is -2.24. The summed E-state index contributed by atoms with van der Waals surface area (Å²) in [7, 11) is 0. The van der Waals surface area contributed by atoms with Crippen LogP contribution in [0.15, 0.2) is 30.3 Å². The van der Waals surface area contributed by atoms with Gasteiger partial charge in [-0.25, -0.2) is 9.59 Å². The number of hydrogen-bond donors (Lipinski definition) is 2. The first kappa shape index (κ1) is 17.3. The molecule has 0 saturated heterocycles. The van der Waals surface area contributed by atoms with E-state index in [1.807, 2.05) is 30.3 Å². The monoisotopic (exact) mass is 358 g/mol. The lowest BCUT2D eigenvalue weighted by molar-refractivity contribution is 0.134. The van der Waals surface area contributed by atoms with Crippen LogP contribution in [0.5, 0.6) is 0 Å². The molecule has 0 aliphatic carbocycles. The van der Waals surface area contributed by atoms with E-state index in [1.165, 1.54) is 0 Å². The van der Waals surface area contributed by atoms with Gasteiger partial charge in [0.1, 0.15) is 6.17 Å². The lowest BCUT2D eigenvalue weighted by atomic mass is 10.1. The van der Waals surface area contributed by atoms with Crippen molar-refractivity contribution in [3.63, 3.8) is 0 Å². The topological polar surface area (TPSA) is 76.7 Å². The van der Waals surface area contributed by atoms with Crippen LogP contribution in [0.25, 0.3) is 0 Å². The van der Waals surface area contributed by atoms with Crippen LogP contribution in [0.3, 0.4) is 0 Å². The van der Waals surface area contributed by atoms with Gasteiger partial charge < -0.3 is 9.47 Å². The molecule has 116 valence electrons. The summed E-state index contributed by atoms with van der Waals surface area (Å²) >= 11 is 3.47. The average Bonchev–Trinajstić information content (AvgIpc) is 2.47. The molecule has 1 rings (SSSR count). The van der Waals surface area contributed by atoms with Gasteiger partial charge in [0, 0.05) is 0 Å². The number of hydrogen-bond acceptors (Lipinski definition) is 4. The van der Waals surface area contributed by atoms with Gasteiger partial charge in [0.15, 0.2) is 0 Å². The number of amides is 2. The first-order chi connectivity index (χ1) is 10.1. The van der Waals surface area contributed by atoms with E-state index in [9.17, 15) is 9.59 Å². The van der Waals surface area contributed by atoms with Gasteiger partial charge in [-0.05, 0) is 19.4 Å². The lowest BCUT2D eigenvalue weighted by Crippen LogP contribution is -2.50. The van der Waals surface area contributed by atoms with Gasteiger partial charge in [0.05, 0.1) is 18.0 Å². The third-order valence-corrected chi connectivity index (χ3v) is 3.57. The van der Waals surface area contributed by atoms with Gasteiger partial charge in [0.25, 0.3) is 0 Å². The van der Waals surface area contributed by atoms with Crippen molar-refractivity contribution in [1.29, 1.82) is 0 Å². The van der Waals surface area contributed by atoms with Gasteiger partial charge in [-0.2, -0.15) is 0 Å². The highest BCUT2D eigenvalue weighted by molar-refractivity contribution is 9.09. The molecule has 1 unspecified atom stereocenters. The Morgan fingerprint density at radius 1 is 1.05 bits per heavy atom. The number of carbonyl (C=O) groups is 2. The van der Waals surface area contributed by atoms with Gasteiger partial charge in [-0.15, -0.1) is 0 Å². The minimum atomic E-state index is -0.703. The molecular weight excluding hydrogens is 340 g/mol. The summed E-state index contributed by atoms with van der Waals surface area (Å²) in [5, 5.41) is 5.17. The maximum atomic E-state index is 11.6. The van der Waals surface area contributed by atoms with Crippen molar-refractivity contribution < 1.29 is 19.1 Å². The summed E-state index contributed by atoms with van der Waals surface area (Å²) in [6.07, 6.45) is -1.93. The third-order valence-electron chi connectivity index (χ3n) is 2.51. The highest BCUT2D eigenvalue weighted by Gasteiger charge is 2.25. The molecule has 0 saturated carbocycles. The second-order valence-electron chi connectivity index (χ2n) is 4.02. The van der Waals surface area contributed by atoms with Crippen molar-refractivity contribution >= 4 is 28.1 Å². The smallest absolute Gasteiger partial charge is 0.408 e. The Kier molecular flexibility index (Phi) is 7.60. The molecule has 0 aliphatic heterocycles. The SMILES string of the molecule is CCOC(=O)NC(NC(=O)OCC)C(Br)c1ccccc1. The highest BCUT2D eigenvalue weighted by atomic mass is 79.9. The fourth-order valence-electron chi connectivity index (χ4n) is 1.61. The quantitative estimate of drug-likeness (QED) is 0.605. The predicted molar refractivity (Wildman–Crippen MR) is 82.2 cm³/mol. The standard InChI is InChI=1S/C14H19BrN2O4/c1-3-20-13(18)16-12(17-14(19)21-4-2)11(15)10-8-6-5-7-9-10/h5-9,11-12H,3-4H2,1-2H3,(H,16,18)(H,17,19). The van der Waals surface area contributed by atoms with E-state index in [4.69, 9.17) is 9.47 Å². The molecule has 2 amide bonds. The number of alkyl halides is 1. The summed E-state index contributed by atoms with van der Waals surface area (Å²) in [4.78, 5) is 22.8. The van der Waals surface area contributed by atoms with E-state index >= 15 is 0 Å². The normalized spacial score (nSPS) is 11.6. The van der Waals surface area contributed by atoms with Crippen molar-refractivity contribution in [3.8, 4) is 0 Å². The molecule has 0 heterocycles. The minimum Gasteiger partial charge on any atom is -0.450 e. The molecule has 0 spiro atoms. The molecule has 0 aromatic heterocycles. The Morgan fingerprint density at radius 3 is 1.95 bits per heavy atom. The summed E-state index contributed by atoms with van der Waals surface area (Å²) in [6.45, 7) is 3.90. The second kappa shape index (κ2) is 9.23. The highest BCUT2D eigenvalue weighted by Crippen LogP contribution is 2.25. The van der Waals surface area contributed by atoms with Crippen molar-refractivity contribution in [2.24, 2.45) is 0 Å². The fourth-order valence-corrected chi connectivity index (χ4v) is 2.18. The van der Waals surface area contributed by atoms with E-state index in [1.54, 1.807) is 13.8 Å². The van der Waals surface area contributed by atoms with Crippen LogP contribution in [0.1, 0.15) is 24.2 Å². The first-order valence-electron chi connectivity index (χ1n) is 6.64. The summed E-state index contributed by atoms with van der Waals surface area (Å²) in [6, 6.07) is 9.39. The van der Waals surface area contributed by atoms with E-state index in [0.29, 0.717) is 0 Å². The van der Waals surface area contributed by atoms with Crippen molar-refractivity contribution in [2.75, 3.05) is 13.2 Å². The molecule has 1 aromatic rings. The number of alkyl carbamates (subject to hydrolysis) is 2. The Balaban J connectivity index is 2.79. The molecule has 0 fully saturated rings. The van der Waals surface area contributed by atoms with E-state index in [0.717, 1.165) is 5.56 Å². The fraction of sp³-hybridized carbons (Fsp3) is 0.429. The molecule has 1 atom stereocenters. The van der Waals surface area contributed by atoms with E-state index in [-0.39, 0.29) is 18.0 Å². The van der Waals surface area contributed by atoms with Crippen LogP contribution >= 0.6 is 15.9 Å². The molecule has 7 heteroatoms. The Bertz CT molecular complexity index is 436. The molecule has 0 aliphatic rings. The third kappa shape index (κ3) is 6.03. The molecular formula is C14H19BrN2O4. The molecule has 2 N–H and O–H groups in total. The number of halogens is 1. The van der Waals surface area contributed by atoms with Crippen molar-refractivity contribution in [3.05, 3.63) is 35.9 Å². The Labute approximate surface area is 132 Å². The molecule has 0 bridgehead atoms. The summed E-state index contributed by atoms with van der Waals surface area (Å²) in [5.41, 5.74) is 0.899. The molecule has 21 heavy (non-hydrogen) atoms.